The minimum atomic E-state index is -0.759. The molecule has 0 aliphatic rings. The summed E-state index contributed by atoms with van der Waals surface area (Å²) in [7, 11) is 1.21. The second-order valence-corrected chi connectivity index (χ2v) is 8.51. The lowest BCUT2D eigenvalue weighted by atomic mass is 10.0. The predicted molar refractivity (Wildman–Crippen MR) is 119 cm³/mol. The zero-order valence-corrected chi connectivity index (χ0v) is 19.5. The molecule has 1 rings (SSSR count). The van der Waals surface area contributed by atoms with Crippen LogP contribution in [0.5, 0.6) is 0 Å². The molecule has 0 unspecified atom stereocenters. The van der Waals surface area contributed by atoms with Gasteiger partial charge in [-0.2, -0.15) is 0 Å². The maximum absolute atomic E-state index is 12.7. The molecule has 0 heterocycles. The standard InChI is InChI=1S/C22H32ClN3O5/c1-14(2)12-18(25-20(28)16-6-8-17(23)9-7-16)21(29)24-11-10-19(27)26(13-15(3)4)22(30)31-5/h6-9,14-15,18H,10-13H2,1-5H3,(H,24,29)(H,25,28)/t18-/m1/s1. The fraction of sp³-hybridized carbons (Fsp3) is 0.545. The predicted octanol–water partition coefficient (Wildman–Crippen LogP) is 3.24. The first kappa shape index (κ1) is 26.4. The molecule has 172 valence electrons. The highest BCUT2D eigenvalue weighted by Crippen LogP contribution is 2.11. The number of halogens is 1. The number of carbonyl (C=O) groups is 4. The van der Waals surface area contributed by atoms with Crippen LogP contribution < -0.4 is 10.6 Å². The Hall–Kier alpha value is -2.61. The third kappa shape index (κ3) is 9.38. The van der Waals surface area contributed by atoms with Gasteiger partial charge in [0.25, 0.3) is 5.91 Å². The van der Waals surface area contributed by atoms with Crippen molar-refractivity contribution in [3.63, 3.8) is 0 Å². The average Bonchev–Trinajstić information content (AvgIpc) is 2.70. The molecule has 8 nitrogen and oxygen atoms in total. The molecule has 0 saturated carbocycles. The molecule has 31 heavy (non-hydrogen) atoms. The molecule has 1 atom stereocenters. The third-order valence-electron chi connectivity index (χ3n) is 4.32. The van der Waals surface area contributed by atoms with Gasteiger partial charge in [0, 0.05) is 30.1 Å². The number of amides is 4. The first-order valence-electron chi connectivity index (χ1n) is 10.3. The van der Waals surface area contributed by atoms with Crippen molar-refractivity contribution in [2.24, 2.45) is 11.8 Å². The average molecular weight is 454 g/mol. The van der Waals surface area contributed by atoms with Crippen LogP contribution in [0.25, 0.3) is 0 Å². The van der Waals surface area contributed by atoms with Crippen LogP contribution in [0.1, 0.15) is 50.9 Å². The number of nitrogens with zero attached hydrogens (tertiary/aromatic N) is 1. The number of benzene rings is 1. The van der Waals surface area contributed by atoms with Crippen LogP contribution in [0, 0.1) is 11.8 Å². The van der Waals surface area contributed by atoms with E-state index < -0.39 is 23.9 Å². The Balaban J connectivity index is 2.70. The van der Waals surface area contributed by atoms with E-state index in [4.69, 9.17) is 11.6 Å². The van der Waals surface area contributed by atoms with Crippen molar-refractivity contribution in [3.05, 3.63) is 34.9 Å². The van der Waals surface area contributed by atoms with Crippen LogP contribution >= 0.6 is 11.6 Å². The second-order valence-electron chi connectivity index (χ2n) is 8.07. The zero-order valence-electron chi connectivity index (χ0n) is 18.7. The van der Waals surface area contributed by atoms with Gasteiger partial charge in [-0.25, -0.2) is 9.69 Å². The number of methoxy groups -OCH3 is 1. The van der Waals surface area contributed by atoms with Gasteiger partial charge in [0.05, 0.1) is 7.11 Å². The molecule has 9 heteroatoms. The summed E-state index contributed by atoms with van der Waals surface area (Å²) >= 11 is 5.85. The molecule has 0 spiro atoms. The number of hydrogen-bond acceptors (Lipinski definition) is 5. The fourth-order valence-corrected chi connectivity index (χ4v) is 2.98. The van der Waals surface area contributed by atoms with E-state index >= 15 is 0 Å². The molecular weight excluding hydrogens is 422 g/mol. The minimum absolute atomic E-state index is 0.0364. The summed E-state index contributed by atoms with van der Waals surface area (Å²) in [5.74, 6) is -0.981. The molecule has 2 N–H and O–H groups in total. The topological polar surface area (TPSA) is 105 Å². The number of nitrogens with one attached hydrogen (secondary N) is 2. The first-order valence-corrected chi connectivity index (χ1v) is 10.6. The molecule has 0 aliphatic heterocycles. The fourth-order valence-electron chi connectivity index (χ4n) is 2.85. The van der Waals surface area contributed by atoms with E-state index in [1.165, 1.54) is 7.11 Å². The van der Waals surface area contributed by atoms with E-state index in [9.17, 15) is 19.2 Å². The number of ether oxygens (including phenoxy) is 1. The van der Waals surface area contributed by atoms with E-state index in [0.29, 0.717) is 17.0 Å². The Morgan fingerprint density at radius 2 is 1.65 bits per heavy atom. The Bertz CT molecular complexity index is 765. The first-order chi connectivity index (χ1) is 14.5. The quantitative estimate of drug-likeness (QED) is 0.565. The van der Waals surface area contributed by atoms with E-state index in [1.54, 1.807) is 24.3 Å². The van der Waals surface area contributed by atoms with Crippen molar-refractivity contribution in [2.75, 3.05) is 20.2 Å². The van der Waals surface area contributed by atoms with Crippen molar-refractivity contribution in [2.45, 2.75) is 46.6 Å². The molecule has 0 saturated heterocycles. The Morgan fingerprint density at radius 1 is 1.03 bits per heavy atom. The lowest BCUT2D eigenvalue weighted by Crippen LogP contribution is -2.48. The van der Waals surface area contributed by atoms with Gasteiger partial charge in [-0.15, -0.1) is 0 Å². The van der Waals surface area contributed by atoms with Gasteiger partial charge in [0.15, 0.2) is 0 Å². The highest BCUT2D eigenvalue weighted by molar-refractivity contribution is 6.30. The lowest BCUT2D eigenvalue weighted by Gasteiger charge is -2.22. The molecule has 0 radical (unpaired) electrons. The third-order valence-corrected chi connectivity index (χ3v) is 4.57. The van der Waals surface area contributed by atoms with Crippen molar-refractivity contribution in [1.82, 2.24) is 15.5 Å². The summed E-state index contributed by atoms with van der Waals surface area (Å²) in [5, 5.41) is 5.92. The van der Waals surface area contributed by atoms with Crippen molar-refractivity contribution >= 4 is 35.4 Å². The van der Waals surface area contributed by atoms with Gasteiger partial charge in [0.2, 0.25) is 11.8 Å². The number of rotatable bonds is 10. The highest BCUT2D eigenvalue weighted by Gasteiger charge is 2.25. The molecular formula is C22H32ClN3O5. The molecule has 1 aromatic carbocycles. The van der Waals surface area contributed by atoms with Gasteiger partial charge < -0.3 is 15.4 Å². The lowest BCUT2D eigenvalue weighted by molar-refractivity contribution is -0.130. The van der Waals surface area contributed by atoms with Crippen molar-refractivity contribution in [1.29, 1.82) is 0 Å². The normalized spacial score (nSPS) is 11.7. The second kappa shape index (κ2) is 12.9. The Morgan fingerprint density at radius 3 is 2.16 bits per heavy atom. The maximum atomic E-state index is 12.7. The summed E-state index contributed by atoms with van der Waals surface area (Å²) in [4.78, 5) is 50.4. The molecule has 0 fully saturated rings. The van der Waals surface area contributed by atoms with Crippen LogP contribution in [0.4, 0.5) is 4.79 Å². The molecule has 0 aliphatic carbocycles. The van der Waals surface area contributed by atoms with Crippen LogP contribution in [0.15, 0.2) is 24.3 Å². The smallest absolute Gasteiger partial charge is 0.416 e. The van der Waals surface area contributed by atoms with Gasteiger partial charge in [0.1, 0.15) is 6.04 Å². The van der Waals surface area contributed by atoms with Crippen LogP contribution in [0.3, 0.4) is 0 Å². The van der Waals surface area contributed by atoms with E-state index in [-0.39, 0.29) is 37.3 Å². The SMILES string of the molecule is COC(=O)N(CC(C)C)C(=O)CCNC(=O)[C@@H](CC(C)C)NC(=O)c1ccc(Cl)cc1. The van der Waals surface area contributed by atoms with Gasteiger partial charge in [-0.3, -0.25) is 14.4 Å². The highest BCUT2D eigenvalue weighted by atomic mass is 35.5. The summed E-state index contributed by atoms with van der Waals surface area (Å²) in [6.45, 7) is 7.91. The number of hydrogen-bond donors (Lipinski definition) is 2. The maximum Gasteiger partial charge on any atom is 0.416 e. The summed E-state index contributed by atoms with van der Waals surface area (Å²) < 4.78 is 4.66. The number of imide groups is 1. The van der Waals surface area contributed by atoms with Gasteiger partial charge in [-0.1, -0.05) is 39.3 Å². The molecule has 0 bridgehead atoms. The Kier molecular flexibility index (Phi) is 11.0. The summed E-state index contributed by atoms with van der Waals surface area (Å²) in [6, 6.07) is 5.60. The summed E-state index contributed by atoms with van der Waals surface area (Å²) in [5.41, 5.74) is 0.392. The monoisotopic (exact) mass is 453 g/mol. The van der Waals surface area contributed by atoms with Gasteiger partial charge >= 0.3 is 6.09 Å². The van der Waals surface area contributed by atoms with E-state index in [1.807, 2.05) is 27.7 Å². The van der Waals surface area contributed by atoms with Crippen molar-refractivity contribution < 1.29 is 23.9 Å². The van der Waals surface area contributed by atoms with Crippen LogP contribution in [0.2, 0.25) is 5.02 Å². The molecule has 1 aromatic rings. The van der Waals surface area contributed by atoms with E-state index in [0.717, 1.165) is 4.90 Å². The largest absolute Gasteiger partial charge is 0.452 e. The minimum Gasteiger partial charge on any atom is -0.452 e. The van der Waals surface area contributed by atoms with Crippen LogP contribution in [-0.4, -0.2) is 55.0 Å². The number of carbonyl (C=O) groups excluding carboxylic acids is 4. The van der Waals surface area contributed by atoms with Crippen molar-refractivity contribution in [3.8, 4) is 0 Å². The molecule has 0 aromatic heterocycles. The molecule has 4 amide bonds. The summed E-state index contributed by atoms with van der Waals surface area (Å²) in [6.07, 6.45) is -0.355. The van der Waals surface area contributed by atoms with Crippen LogP contribution in [-0.2, 0) is 14.3 Å². The van der Waals surface area contributed by atoms with E-state index in [2.05, 4.69) is 15.4 Å². The Labute approximate surface area is 188 Å². The van der Waals surface area contributed by atoms with Gasteiger partial charge in [-0.05, 0) is 42.5 Å². The zero-order chi connectivity index (χ0) is 23.6.